The van der Waals surface area contributed by atoms with Crippen molar-refractivity contribution in [2.75, 3.05) is 17.3 Å². The van der Waals surface area contributed by atoms with Gasteiger partial charge in [0.1, 0.15) is 11.6 Å². The fourth-order valence-corrected chi connectivity index (χ4v) is 2.87. The number of anilines is 2. The lowest BCUT2D eigenvalue weighted by Gasteiger charge is -2.31. The van der Waals surface area contributed by atoms with Gasteiger partial charge in [0, 0.05) is 11.9 Å². The number of hydrogen-bond donors (Lipinski definition) is 2. The first-order valence-electron chi connectivity index (χ1n) is 8.22. The maximum atomic E-state index is 12.9. The topological polar surface area (TPSA) is 106 Å². The molecule has 0 spiro atoms. The van der Waals surface area contributed by atoms with E-state index in [9.17, 15) is 4.79 Å². The van der Waals surface area contributed by atoms with Gasteiger partial charge in [0.05, 0.1) is 30.5 Å². The molecule has 1 aromatic carbocycles. The number of rotatable bonds is 4. The van der Waals surface area contributed by atoms with E-state index in [1.54, 1.807) is 54.7 Å². The number of nitrogens with two attached hydrogens (primary N) is 1. The van der Waals surface area contributed by atoms with Gasteiger partial charge in [-0.1, -0.05) is 0 Å². The minimum absolute atomic E-state index is 0.323. The van der Waals surface area contributed by atoms with Crippen LogP contribution in [0.5, 0.6) is 5.75 Å². The van der Waals surface area contributed by atoms with Crippen molar-refractivity contribution >= 4 is 23.1 Å². The quantitative estimate of drug-likeness (QED) is 0.711. The smallest absolute Gasteiger partial charge is 0.270 e. The molecule has 8 heteroatoms. The Kier molecular flexibility index (Phi) is 4.21. The number of carbonyl (C=O) groups excluding carboxylic acids is 1. The highest BCUT2D eigenvalue weighted by Gasteiger charge is 2.31. The Bertz CT molecular complexity index is 1080. The maximum Gasteiger partial charge on any atom is 0.270 e. The number of amides is 1. The first-order valence-corrected chi connectivity index (χ1v) is 8.22. The summed E-state index contributed by atoms with van der Waals surface area (Å²) in [6.07, 6.45) is 3.75. The van der Waals surface area contributed by atoms with E-state index in [0.717, 1.165) is 0 Å². The Labute approximate surface area is 154 Å². The molecule has 1 aliphatic rings. The average Bonchev–Trinajstić information content (AvgIpc) is 3.18. The molecular formula is C19H17N5O3. The number of nitrogens with zero attached hydrogens (tertiary/aromatic N) is 3. The van der Waals surface area contributed by atoms with Gasteiger partial charge in [-0.15, -0.1) is 0 Å². The van der Waals surface area contributed by atoms with Crippen LogP contribution in [0.25, 0.3) is 5.82 Å². The lowest BCUT2D eigenvalue weighted by atomic mass is 10.2. The first kappa shape index (κ1) is 16.6. The molecule has 136 valence electrons. The number of pyridine rings is 1. The van der Waals surface area contributed by atoms with Crippen molar-refractivity contribution in [3.63, 3.8) is 0 Å². The van der Waals surface area contributed by atoms with E-state index in [1.807, 2.05) is 12.1 Å². The average molecular weight is 363 g/mol. The van der Waals surface area contributed by atoms with Crippen molar-refractivity contribution in [2.45, 2.75) is 6.17 Å². The zero-order valence-corrected chi connectivity index (χ0v) is 14.5. The fraction of sp³-hybridized carbons (Fsp3) is 0.105. The highest BCUT2D eigenvalue weighted by atomic mass is 16.5. The predicted molar refractivity (Wildman–Crippen MR) is 99.2 cm³/mol. The second kappa shape index (κ2) is 6.83. The molecular weight excluding hydrogens is 346 g/mol. The van der Waals surface area contributed by atoms with Crippen LogP contribution in [0.15, 0.2) is 70.5 Å². The van der Waals surface area contributed by atoms with Gasteiger partial charge < -0.3 is 20.2 Å². The number of nitrogens with one attached hydrogen (secondary N) is 1. The van der Waals surface area contributed by atoms with Crippen LogP contribution in [0.1, 0.15) is 0 Å². The molecule has 4 rings (SSSR count). The minimum Gasteiger partial charge on any atom is -0.497 e. The molecule has 27 heavy (non-hydrogen) atoms. The van der Waals surface area contributed by atoms with Crippen LogP contribution in [0.2, 0.25) is 0 Å². The van der Waals surface area contributed by atoms with E-state index in [4.69, 9.17) is 14.9 Å². The summed E-state index contributed by atoms with van der Waals surface area (Å²) >= 11 is 0. The van der Waals surface area contributed by atoms with Crippen LogP contribution in [-0.2, 0) is 4.79 Å². The van der Waals surface area contributed by atoms with Crippen molar-refractivity contribution in [2.24, 2.45) is 10.7 Å². The number of methoxy groups -OCH3 is 1. The standard InChI is InChI=1S/C19H17N5O3/c1-26-14-6-4-13(5-7-14)24-16(20)15-8-10-27-19(15)23-17(24)18(25)22-12-3-2-9-21-11-12/h2-11,17H,20H2,1H3,(H,22,25). The molecule has 3 heterocycles. The zero-order valence-electron chi connectivity index (χ0n) is 14.5. The molecule has 0 radical (unpaired) electrons. The van der Waals surface area contributed by atoms with E-state index in [-0.39, 0.29) is 5.91 Å². The number of fused-ring (bicyclic) bond motifs is 1. The lowest BCUT2D eigenvalue weighted by Crippen LogP contribution is -2.52. The molecule has 1 amide bonds. The molecule has 8 nitrogen and oxygen atoms in total. The molecule has 2 aromatic heterocycles. The van der Waals surface area contributed by atoms with Gasteiger partial charge in [-0.25, -0.2) is 4.99 Å². The summed E-state index contributed by atoms with van der Waals surface area (Å²) in [7, 11) is 1.59. The van der Waals surface area contributed by atoms with E-state index in [0.29, 0.717) is 33.7 Å². The third-order valence-corrected chi connectivity index (χ3v) is 4.18. The van der Waals surface area contributed by atoms with Crippen LogP contribution in [0.3, 0.4) is 0 Å². The Morgan fingerprint density at radius 2 is 2.07 bits per heavy atom. The Hall–Kier alpha value is -3.81. The number of benzene rings is 1. The van der Waals surface area contributed by atoms with Crippen LogP contribution < -0.4 is 31.5 Å². The molecule has 1 atom stereocenters. The number of aromatic nitrogens is 1. The minimum atomic E-state index is -0.933. The Balaban J connectivity index is 1.76. The summed E-state index contributed by atoms with van der Waals surface area (Å²) in [4.78, 5) is 23.0. The van der Waals surface area contributed by atoms with E-state index in [2.05, 4.69) is 15.3 Å². The molecule has 3 aromatic rings. The second-order valence-corrected chi connectivity index (χ2v) is 5.83. The van der Waals surface area contributed by atoms with Gasteiger partial charge >= 0.3 is 0 Å². The molecule has 0 saturated heterocycles. The maximum absolute atomic E-state index is 12.9. The fourth-order valence-electron chi connectivity index (χ4n) is 2.87. The normalized spacial score (nSPS) is 15.7. The number of carbonyl (C=O) groups is 1. The highest BCUT2D eigenvalue weighted by Crippen LogP contribution is 2.25. The first-order chi connectivity index (χ1) is 13.2. The molecule has 0 aliphatic carbocycles. The summed E-state index contributed by atoms with van der Waals surface area (Å²) < 4.78 is 10.6. The van der Waals surface area contributed by atoms with Gasteiger partial charge in [0.25, 0.3) is 5.91 Å². The lowest BCUT2D eigenvalue weighted by molar-refractivity contribution is -0.117. The van der Waals surface area contributed by atoms with Crippen LogP contribution in [0.4, 0.5) is 11.4 Å². The van der Waals surface area contributed by atoms with Gasteiger partial charge in [-0.3, -0.25) is 14.7 Å². The number of hydrogen-bond acceptors (Lipinski definition) is 7. The van der Waals surface area contributed by atoms with Crippen LogP contribution >= 0.6 is 0 Å². The van der Waals surface area contributed by atoms with Gasteiger partial charge in [0.2, 0.25) is 11.7 Å². The van der Waals surface area contributed by atoms with Crippen molar-refractivity contribution < 1.29 is 13.9 Å². The molecule has 1 aliphatic heterocycles. The molecule has 0 bridgehead atoms. The zero-order chi connectivity index (χ0) is 18.8. The summed E-state index contributed by atoms with van der Waals surface area (Å²) in [5.74, 6) is 0.723. The van der Waals surface area contributed by atoms with Gasteiger partial charge in [-0.05, 0) is 42.5 Å². The van der Waals surface area contributed by atoms with Gasteiger partial charge in [-0.2, -0.15) is 0 Å². The summed E-state index contributed by atoms with van der Waals surface area (Å²) in [6.45, 7) is 0. The number of ether oxygens (including phenoxy) is 1. The summed E-state index contributed by atoms with van der Waals surface area (Å²) in [6, 6.07) is 12.4. The highest BCUT2D eigenvalue weighted by molar-refractivity contribution is 5.98. The SMILES string of the molecule is COc1ccc(N2C(N)=c3ccoc3=NC2C(=O)Nc2cccnc2)cc1. The summed E-state index contributed by atoms with van der Waals surface area (Å²) in [5.41, 5.74) is 7.95. The summed E-state index contributed by atoms with van der Waals surface area (Å²) in [5, 5.41) is 3.44. The van der Waals surface area contributed by atoms with Crippen LogP contribution in [-0.4, -0.2) is 24.2 Å². The monoisotopic (exact) mass is 363 g/mol. The third-order valence-electron chi connectivity index (χ3n) is 4.18. The second-order valence-electron chi connectivity index (χ2n) is 5.83. The molecule has 1 unspecified atom stereocenters. The molecule has 0 saturated carbocycles. The van der Waals surface area contributed by atoms with E-state index < -0.39 is 6.17 Å². The van der Waals surface area contributed by atoms with Crippen molar-refractivity contribution in [1.29, 1.82) is 0 Å². The Morgan fingerprint density at radius 3 is 2.78 bits per heavy atom. The third kappa shape index (κ3) is 3.08. The van der Waals surface area contributed by atoms with Gasteiger partial charge in [0.15, 0.2) is 0 Å². The van der Waals surface area contributed by atoms with Crippen molar-refractivity contribution in [1.82, 2.24) is 4.98 Å². The van der Waals surface area contributed by atoms with Crippen molar-refractivity contribution in [3.8, 4) is 5.75 Å². The van der Waals surface area contributed by atoms with Crippen molar-refractivity contribution in [3.05, 3.63) is 71.9 Å². The predicted octanol–water partition coefficient (Wildman–Crippen LogP) is 0.812. The largest absolute Gasteiger partial charge is 0.497 e. The van der Waals surface area contributed by atoms with E-state index in [1.165, 1.54) is 6.26 Å². The van der Waals surface area contributed by atoms with E-state index >= 15 is 0 Å². The molecule has 3 N–H and O–H groups in total. The Morgan fingerprint density at radius 1 is 1.26 bits per heavy atom. The number of furan rings is 1. The molecule has 0 fully saturated rings. The van der Waals surface area contributed by atoms with Crippen LogP contribution in [0, 0.1) is 0 Å².